The van der Waals surface area contributed by atoms with Gasteiger partial charge in [0, 0.05) is 25.4 Å². The first kappa shape index (κ1) is 19.8. The van der Waals surface area contributed by atoms with Crippen molar-refractivity contribution in [3.05, 3.63) is 71.5 Å². The predicted molar refractivity (Wildman–Crippen MR) is 119 cm³/mol. The van der Waals surface area contributed by atoms with E-state index in [0.29, 0.717) is 31.5 Å². The van der Waals surface area contributed by atoms with Crippen LogP contribution < -0.4 is 15.6 Å². The molecule has 3 heterocycles. The fourth-order valence-corrected chi connectivity index (χ4v) is 3.12. The highest BCUT2D eigenvalue weighted by Crippen LogP contribution is 2.20. The first-order valence-electron chi connectivity index (χ1n) is 9.97. The van der Waals surface area contributed by atoms with Crippen LogP contribution in [-0.2, 0) is 11.3 Å². The fraction of sp³-hybridized carbons (Fsp3) is 0.273. The van der Waals surface area contributed by atoms with Crippen LogP contribution in [0.15, 0.2) is 59.8 Å². The zero-order valence-electron chi connectivity index (χ0n) is 17.0. The number of hydrogen-bond donors (Lipinski definition) is 2. The average molecular weight is 403 g/mol. The van der Waals surface area contributed by atoms with Crippen LogP contribution in [0.2, 0.25) is 0 Å². The van der Waals surface area contributed by atoms with Crippen LogP contribution in [0.5, 0.6) is 0 Å². The standard InChI is InChI=1S/C22H25N7O/c1-17-5-4-6-18(13-17)15-25-28-20-14-21(29-9-11-30-12-10-29)27-22(26-20)24-16-19-7-2-3-8-23-19/h2-8,13-15H,9-12,16H2,1H3,(H2,24,26,27,28). The van der Waals surface area contributed by atoms with Gasteiger partial charge in [0.25, 0.3) is 0 Å². The number of nitrogens with one attached hydrogen (secondary N) is 2. The molecule has 0 bridgehead atoms. The van der Waals surface area contributed by atoms with Crippen molar-refractivity contribution >= 4 is 23.8 Å². The zero-order chi connectivity index (χ0) is 20.6. The van der Waals surface area contributed by atoms with Crippen LogP contribution >= 0.6 is 0 Å². The van der Waals surface area contributed by atoms with E-state index in [-0.39, 0.29) is 0 Å². The maximum atomic E-state index is 5.46. The third-order valence-electron chi connectivity index (χ3n) is 4.64. The molecular formula is C22H25N7O. The van der Waals surface area contributed by atoms with Gasteiger partial charge in [-0.25, -0.2) is 0 Å². The molecular weight excluding hydrogens is 378 g/mol. The summed E-state index contributed by atoms with van der Waals surface area (Å²) in [7, 11) is 0. The van der Waals surface area contributed by atoms with Crippen LogP contribution in [0.4, 0.5) is 17.6 Å². The van der Waals surface area contributed by atoms with Gasteiger partial charge in [0.2, 0.25) is 5.95 Å². The normalized spacial score (nSPS) is 14.1. The van der Waals surface area contributed by atoms with E-state index < -0.39 is 0 Å². The topological polar surface area (TPSA) is 87.6 Å². The average Bonchev–Trinajstić information content (AvgIpc) is 2.79. The molecule has 0 radical (unpaired) electrons. The molecule has 2 aromatic heterocycles. The van der Waals surface area contributed by atoms with E-state index in [1.54, 1.807) is 12.4 Å². The molecule has 1 aromatic carbocycles. The summed E-state index contributed by atoms with van der Waals surface area (Å²) in [5.74, 6) is 1.99. The summed E-state index contributed by atoms with van der Waals surface area (Å²) in [6, 6.07) is 15.9. The highest BCUT2D eigenvalue weighted by molar-refractivity contribution is 5.80. The van der Waals surface area contributed by atoms with Gasteiger partial charge in [-0.2, -0.15) is 15.1 Å². The third-order valence-corrected chi connectivity index (χ3v) is 4.64. The smallest absolute Gasteiger partial charge is 0.227 e. The number of aromatic nitrogens is 3. The van der Waals surface area contributed by atoms with E-state index in [2.05, 4.69) is 54.8 Å². The van der Waals surface area contributed by atoms with Crippen LogP contribution in [-0.4, -0.2) is 47.5 Å². The molecule has 8 nitrogen and oxygen atoms in total. The molecule has 0 atom stereocenters. The van der Waals surface area contributed by atoms with Crippen molar-refractivity contribution in [1.29, 1.82) is 0 Å². The molecule has 0 amide bonds. The largest absolute Gasteiger partial charge is 0.378 e. The Morgan fingerprint density at radius 2 is 2.00 bits per heavy atom. The number of ether oxygens (including phenoxy) is 1. The second-order valence-corrected chi connectivity index (χ2v) is 6.99. The van der Waals surface area contributed by atoms with Crippen molar-refractivity contribution in [2.24, 2.45) is 5.10 Å². The summed E-state index contributed by atoms with van der Waals surface area (Å²) in [5, 5.41) is 7.61. The van der Waals surface area contributed by atoms with Crippen molar-refractivity contribution < 1.29 is 4.74 Å². The van der Waals surface area contributed by atoms with Crippen molar-refractivity contribution in [2.45, 2.75) is 13.5 Å². The van der Waals surface area contributed by atoms with Crippen LogP contribution in [0, 0.1) is 6.92 Å². The van der Waals surface area contributed by atoms with E-state index in [0.717, 1.165) is 30.2 Å². The van der Waals surface area contributed by atoms with Gasteiger partial charge in [-0.05, 0) is 24.6 Å². The second-order valence-electron chi connectivity index (χ2n) is 6.99. The number of nitrogens with zero attached hydrogens (tertiary/aromatic N) is 5. The lowest BCUT2D eigenvalue weighted by Crippen LogP contribution is -2.37. The number of benzene rings is 1. The first-order chi connectivity index (χ1) is 14.8. The molecule has 3 aromatic rings. The van der Waals surface area contributed by atoms with Crippen LogP contribution in [0.25, 0.3) is 0 Å². The number of morpholine rings is 1. The summed E-state index contributed by atoms with van der Waals surface area (Å²) in [4.78, 5) is 15.8. The van der Waals surface area contributed by atoms with Crippen molar-refractivity contribution in [1.82, 2.24) is 15.0 Å². The van der Waals surface area contributed by atoms with Crippen molar-refractivity contribution in [3.63, 3.8) is 0 Å². The summed E-state index contributed by atoms with van der Waals surface area (Å²) in [6.07, 6.45) is 3.56. The molecule has 1 fully saturated rings. The van der Waals surface area contributed by atoms with Gasteiger partial charge < -0.3 is 15.0 Å². The van der Waals surface area contributed by atoms with Gasteiger partial charge in [-0.1, -0.05) is 35.9 Å². The number of pyridine rings is 1. The highest BCUT2D eigenvalue weighted by Gasteiger charge is 2.15. The Kier molecular flexibility index (Phi) is 6.46. The number of rotatable bonds is 7. The van der Waals surface area contributed by atoms with E-state index >= 15 is 0 Å². The molecule has 1 aliphatic rings. The Morgan fingerprint density at radius 1 is 1.10 bits per heavy atom. The monoisotopic (exact) mass is 403 g/mol. The lowest BCUT2D eigenvalue weighted by atomic mass is 10.2. The number of hydrazone groups is 1. The molecule has 30 heavy (non-hydrogen) atoms. The number of hydrogen-bond acceptors (Lipinski definition) is 8. The van der Waals surface area contributed by atoms with Crippen LogP contribution in [0.3, 0.4) is 0 Å². The molecule has 0 spiro atoms. The van der Waals surface area contributed by atoms with E-state index in [1.807, 2.05) is 36.4 Å². The minimum absolute atomic E-state index is 0.526. The lowest BCUT2D eigenvalue weighted by molar-refractivity contribution is 0.122. The van der Waals surface area contributed by atoms with Gasteiger partial charge >= 0.3 is 0 Å². The Bertz CT molecular complexity index is 988. The van der Waals surface area contributed by atoms with Gasteiger partial charge in [0.1, 0.15) is 5.82 Å². The molecule has 1 saturated heterocycles. The third kappa shape index (κ3) is 5.51. The molecule has 4 rings (SSSR count). The maximum absolute atomic E-state index is 5.46. The van der Waals surface area contributed by atoms with Gasteiger partial charge in [0.15, 0.2) is 5.82 Å². The summed E-state index contributed by atoms with van der Waals surface area (Å²) in [5.41, 5.74) is 6.17. The number of anilines is 3. The summed E-state index contributed by atoms with van der Waals surface area (Å²) < 4.78 is 5.46. The molecule has 8 heteroatoms. The van der Waals surface area contributed by atoms with Gasteiger partial charge in [0.05, 0.1) is 31.7 Å². The SMILES string of the molecule is Cc1cccc(C=NNc2cc(N3CCOCC3)nc(NCc3ccccn3)n2)c1. The predicted octanol–water partition coefficient (Wildman–Crippen LogP) is 3.07. The summed E-state index contributed by atoms with van der Waals surface area (Å²) >= 11 is 0. The minimum atomic E-state index is 0.526. The lowest BCUT2D eigenvalue weighted by Gasteiger charge is -2.28. The van der Waals surface area contributed by atoms with Gasteiger partial charge in [-0.15, -0.1) is 0 Å². The second kappa shape index (κ2) is 9.80. The van der Waals surface area contributed by atoms with E-state index in [1.165, 1.54) is 5.56 Å². The summed E-state index contributed by atoms with van der Waals surface area (Å²) in [6.45, 7) is 5.57. The Labute approximate surface area is 176 Å². The Balaban J connectivity index is 1.51. The quantitative estimate of drug-likeness (QED) is 0.463. The van der Waals surface area contributed by atoms with Crippen molar-refractivity contribution in [2.75, 3.05) is 41.9 Å². The number of aryl methyl sites for hydroxylation is 1. The molecule has 0 saturated carbocycles. The maximum Gasteiger partial charge on any atom is 0.227 e. The van der Waals surface area contributed by atoms with E-state index in [9.17, 15) is 0 Å². The van der Waals surface area contributed by atoms with E-state index in [4.69, 9.17) is 4.74 Å². The molecule has 2 N–H and O–H groups in total. The molecule has 154 valence electrons. The Hall–Kier alpha value is -3.52. The van der Waals surface area contributed by atoms with Gasteiger partial charge in [-0.3, -0.25) is 10.4 Å². The van der Waals surface area contributed by atoms with Crippen LogP contribution in [0.1, 0.15) is 16.8 Å². The molecule has 0 aliphatic carbocycles. The molecule has 0 unspecified atom stereocenters. The zero-order valence-corrected chi connectivity index (χ0v) is 17.0. The Morgan fingerprint density at radius 3 is 2.80 bits per heavy atom. The van der Waals surface area contributed by atoms with Crippen molar-refractivity contribution in [3.8, 4) is 0 Å². The first-order valence-corrected chi connectivity index (χ1v) is 9.97. The molecule has 1 aliphatic heterocycles. The highest BCUT2D eigenvalue weighted by atomic mass is 16.5. The minimum Gasteiger partial charge on any atom is -0.378 e. The fourth-order valence-electron chi connectivity index (χ4n) is 3.12.